The molecule has 4 heteroatoms. The van der Waals surface area contributed by atoms with Crippen molar-refractivity contribution in [1.29, 1.82) is 0 Å². The van der Waals surface area contributed by atoms with Gasteiger partial charge in [-0.15, -0.1) is 11.3 Å². The third-order valence-corrected chi connectivity index (χ3v) is 5.31. The topological polar surface area (TPSA) is 42.0 Å². The van der Waals surface area contributed by atoms with E-state index in [0.29, 0.717) is 18.4 Å². The van der Waals surface area contributed by atoms with Crippen molar-refractivity contribution in [3.8, 4) is 10.6 Å². The Morgan fingerprint density at radius 1 is 1.27 bits per heavy atom. The average molecular weight is 314 g/mol. The van der Waals surface area contributed by atoms with Gasteiger partial charge in [-0.1, -0.05) is 50.1 Å². The van der Waals surface area contributed by atoms with E-state index in [1.54, 1.807) is 11.3 Å². The number of aromatic nitrogens is 1. The Hall–Kier alpha value is -1.68. The summed E-state index contributed by atoms with van der Waals surface area (Å²) in [5.74, 6) is 0.691. The Bertz CT molecular complexity index is 623. The van der Waals surface area contributed by atoms with Gasteiger partial charge in [-0.05, 0) is 18.8 Å². The van der Waals surface area contributed by atoms with Gasteiger partial charge in [0.25, 0.3) is 0 Å². The SMILES string of the molecule is CC1CCCCC1NC(=O)Cc1csc(-c2ccccc2)n1. The van der Waals surface area contributed by atoms with Crippen LogP contribution >= 0.6 is 11.3 Å². The predicted octanol–water partition coefficient (Wildman–Crippen LogP) is 4.05. The number of carbonyl (C=O) groups excluding carboxylic acids is 1. The molecule has 2 aromatic rings. The second-order valence-electron chi connectivity index (χ2n) is 6.12. The highest BCUT2D eigenvalue weighted by Crippen LogP contribution is 2.25. The van der Waals surface area contributed by atoms with Crippen LogP contribution in [-0.4, -0.2) is 16.9 Å². The van der Waals surface area contributed by atoms with Crippen LogP contribution in [0.2, 0.25) is 0 Å². The van der Waals surface area contributed by atoms with Gasteiger partial charge in [0, 0.05) is 17.0 Å². The third-order valence-electron chi connectivity index (χ3n) is 4.37. The summed E-state index contributed by atoms with van der Waals surface area (Å²) in [7, 11) is 0. The zero-order valence-electron chi connectivity index (χ0n) is 12.9. The van der Waals surface area contributed by atoms with E-state index < -0.39 is 0 Å². The maximum Gasteiger partial charge on any atom is 0.226 e. The fourth-order valence-electron chi connectivity index (χ4n) is 3.05. The minimum absolute atomic E-state index is 0.101. The van der Waals surface area contributed by atoms with Gasteiger partial charge < -0.3 is 5.32 Å². The van der Waals surface area contributed by atoms with Gasteiger partial charge in [0.05, 0.1) is 12.1 Å². The first-order chi connectivity index (χ1) is 10.7. The number of nitrogens with one attached hydrogen (secondary N) is 1. The Morgan fingerprint density at radius 3 is 2.82 bits per heavy atom. The minimum Gasteiger partial charge on any atom is -0.353 e. The molecular weight excluding hydrogens is 292 g/mol. The predicted molar refractivity (Wildman–Crippen MR) is 90.8 cm³/mol. The number of hydrogen-bond donors (Lipinski definition) is 1. The lowest BCUT2D eigenvalue weighted by molar-refractivity contribution is -0.121. The average Bonchev–Trinajstić information content (AvgIpc) is 2.99. The molecule has 0 bridgehead atoms. The monoisotopic (exact) mass is 314 g/mol. The molecule has 1 aromatic carbocycles. The Kier molecular flexibility index (Phi) is 4.88. The molecule has 3 rings (SSSR count). The molecule has 1 aliphatic carbocycles. The van der Waals surface area contributed by atoms with Crippen LogP contribution in [0.3, 0.4) is 0 Å². The molecule has 2 atom stereocenters. The smallest absolute Gasteiger partial charge is 0.226 e. The van der Waals surface area contributed by atoms with Gasteiger partial charge >= 0.3 is 0 Å². The third kappa shape index (κ3) is 3.74. The number of rotatable bonds is 4. The molecular formula is C18H22N2OS. The molecule has 1 amide bonds. The van der Waals surface area contributed by atoms with Crippen LogP contribution in [-0.2, 0) is 11.2 Å². The van der Waals surface area contributed by atoms with Crippen LogP contribution in [0.1, 0.15) is 38.3 Å². The van der Waals surface area contributed by atoms with Gasteiger partial charge in [0.1, 0.15) is 5.01 Å². The molecule has 3 nitrogen and oxygen atoms in total. The maximum absolute atomic E-state index is 12.2. The highest BCUT2D eigenvalue weighted by molar-refractivity contribution is 7.13. The molecule has 22 heavy (non-hydrogen) atoms. The zero-order valence-corrected chi connectivity index (χ0v) is 13.7. The van der Waals surface area contributed by atoms with E-state index in [1.165, 1.54) is 19.3 Å². The van der Waals surface area contributed by atoms with E-state index in [0.717, 1.165) is 22.7 Å². The number of benzene rings is 1. The summed E-state index contributed by atoms with van der Waals surface area (Å²) in [6.45, 7) is 2.24. The van der Waals surface area contributed by atoms with Gasteiger partial charge in [0.15, 0.2) is 0 Å². The Labute approximate surface area is 135 Å². The van der Waals surface area contributed by atoms with Gasteiger partial charge in [-0.3, -0.25) is 4.79 Å². The fraction of sp³-hybridized carbons (Fsp3) is 0.444. The number of thiazole rings is 1. The first-order valence-corrected chi connectivity index (χ1v) is 8.89. The number of hydrogen-bond acceptors (Lipinski definition) is 3. The Balaban J connectivity index is 1.59. The van der Waals surface area contributed by atoms with Crippen LogP contribution in [0.25, 0.3) is 10.6 Å². The zero-order chi connectivity index (χ0) is 15.4. The molecule has 0 saturated heterocycles. The van der Waals surface area contributed by atoms with Crippen LogP contribution in [0.15, 0.2) is 35.7 Å². The minimum atomic E-state index is 0.101. The number of nitrogens with zero attached hydrogens (tertiary/aromatic N) is 1. The highest BCUT2D eigenvalue weighted by Gasteiger charge is 2.23. The molecule has 0 aliphatic heterocycles. The molecule has 1 aromatic heterocycles. The first-order valence-electron chi connectivity index (χ1n) is 8.01. The molecule has 2 unspecified atom stereocenters. The van der Waals surface area contributed by atoms with Crippen molar-refractivity contribution in [2.24, 2.45) is 5.92 Å². The molecule has 0 radical (unpaired) electrons. The van der Waals surface area contributed by atoms with Crippen LogP contribution < -0.4 is 5.32 Å². The summed E-state index contributed by atoms with van der Waals surface area (Å²) in [6, 6.07) is 10.4. The van der Waals surface area contributed by atoms with E-state index in [1.807, 2.05) is 35.7 Å². The standard InChI is InChI=1S/C18H22N2OS/c1-13-7-5-6-10-16(13)20-17(21)11-15-12-22-18(19-15)14-8-3-2-4-9-14/h2-4,8-9,12-13,16H,5-7,10-11H2,1H3,(H,20,21). The maximum atomic E-state index is 12.2. The van der Waals surface area contributed by atoms with Crippen molar-refractivity contribution >= 4 is 17.2 Å². The quantitative estimate of drug-likeness (QED) is 0.925. The Morgan fingerprint density at radius 2 is 2.05 bits per heavy atom. The van der Waals surface area contributed by atoms with E-state index in [2.05, 4.69) is 17.2 Å². The van der Waals surface area contributed by atoms with Crippen molar-refractivity contribution in [3.63, 3.8) is 0 Å². The highest BCUT2D eigenvalue weighted by atomic mass is 32.1. The number of carbonyl (C=O) groups is 1. The normalized spacial score (nSPS) is 21.5. The second-order valence-corrected chi connectivity index (χ2v) is 6.98. The molecule has 1 saturated carbocycles. The van der Waals surface area contributed by atoms with Gasteiger partial charge in [0.2, 0.25) is 5.91 Å². The van der Waals surface area contributed by atoms with Crippen molar-refractivity contribution in [2.75, 3.05) is 0 Å². The van der Waals surface area contributed by atoms with E-state index >= 15 is 0 Å². The van der Waals surface area contributed by atoms with Crippen molar-refractivity contribution < 1.29 is 4.79 Å². The summed E-state index contributed by atoms with van der Waals surface area (Å²) in [6.07, 6.45) is 5.23. The van der Waals surface area contributed by atoms with E-state index in [-0.39, 0.29) is 5.91 Å². The largest absolute Gasteiger partial charge is 0.353 e. The van der Waals surface area contributed by atoms with Crippen molar-refractivity contribution in [1.82, 2.24) is 10.3 Å². The molecule has 1 aliphatic rings. The molecule has 0 spiro atoms. The summed E-state index contributed by atoms with van der Waals surface area (Å²) in [5.41, 5.74) is 1.98. The number of amides is 1. The molecule has 116 valence electrons. The molecule has 1 fully saturated rings. The summed E-state index contributed by atoms with van der Waals surface area (Å²) >= 11 is 1.60. The summed E-state index contributed by atoms with van der Waals surface area (Å²) in [5, 5.41) is 6.17. The summed E-state index contributed by atoms with van der Waals surface area (Å²) < 4.78 is 0. The van der Waals surface area contributed by atoms with E-state index in [9.17, 15) is 4.79 Å². The van der Waals surface area contributed by atoms with Crippen LogP contribution in [0.4, 0.5) is 0 Å². The van der Waals surface area contributed by atoms with Crippen molar-refractivity contribution in [2.45, 2.75) is 45.1 Å². The van der Waals surface area contributed by atoms with Crippen LogP contribution in [0, 0.1) is 5.92 Å². The molecule has 1 N–H and O–H groups in total. The van der Waals surface area contributed by atoms with Gasteiger partial charge in [-0.2, -0.15) is 0 Å². The van der Waals surface area contributed by atoms with Crippen LogP contribution in [0.5, 0.6) is 0 Å². The fourth-order valence-corrected chi connectivity index (χ4v) is 3.88. The lowest BCUT2D eigenvalue weighted by Gasteiger charge is -2.29. The lowest BCUT2D eigenvalue weighted by atomic mass is 9.86. The van der Waals surface area contributed by atoms with Gasteiger partial charge in [-0.25, -0.2) is 4.98 Å². The first kappa shape index (κ1) is 15.2. The summed E-state index contributed by atoms with van der Waals surface area (Å²) in [4.78, 5) is 16.8. The van der Waals surface area contributed by atoms with E-state index in [4.69, 9.17) is 0 Å². The second kappa shape index (κ2) is 7.05. The molecule has 1 heterocycles. The lowest BCUT2D eigenvalue weighted by Crippen LogP contribution is -2.41. The van der Waals surface area contributed by atoms with Crippen molar-refractivity contribution in [3.05, 3.63) is 41.4 Å².